The molecule has 0 N–H and O–H groups in total. The van der Waals surface area contributed by atoms with Gasteiger partial charge in [-0.25, -0.2) is 0 Å². The smallest absolute Gasteiger partial charge is 0.0191 e. The molecular weight excluding hydrogens is 132 g/mol. The lowest BCUT2D eigenvalue weighted by Gasteiger charge is -2.30. The fourth-order valence-electron chi connectivity index (χ4n) is 1.50. The van der Waals surface area contributed by atoms with Crippen molar-refractivity contribution < 1.29 is 0 Å². The standard InChI is InChI=1S/C11H16/c1-4-7-11(3)8-5-10(2)6-9-11/h3-5H,1,6-9H2,2H3. The Kier molecular flexibility index (Phi) is 2.53. The predicted molar refractivity (Wildman–Crippen MR) is 49.2 cm³/mol. The van der Waals surface area contributed by atoms with Gasteiger partial charge in [-0.1, -0.05) is 17.7 Å². The summed E-state index contributed by atoms with van der Waals surface area (Å²) in [6.07, 6.45) is 8.41. The Hall–Kier alpha value is -0.520. The van der Waals surface area contributed by atoms with Gasteiger partial charge in [0.15, 0.2) is 0 Å². The Morgan fingerprint density at radius 2 is 2.55 bits per heavy atom. The van der Waals surface area contributed by atoms with Crippen LogP contribution in [0.1, 0.15) is 32.6 Å². The second-order valence-corrected chi connectivity index (χ2v) is 3.61. The molecule has 0 aromatic carbocycles. The van der Waals surface area contributed by atoms with Crippen LogP contribution in [-0.2, 0) is 0 Å². The van der Waals surface area contributed by atoms with Crippen LogP contribution in [0.3, 0.4) is 0 Å². The molecule has 0 heterocycles. The van der Waals surface area contributed by atoms with Crippen molar-refractivity contribution in [3.05, 3.63) is 31.2 Å². The summed E-state index contributed by atoms with van der Waals surface area (Å²) in [5, 5.41) is 0. The van der Waals surface area contributed by atoms with Gasteiger partial charge in [0.25, 0.3) is 0 Å². The zero-order chi connectivity index (χ0) is 8.32. The number of rotatable bonds is 2. The van der Waals surface area contributed by atoms with Gasteiger partial charge < -0.3 is 0 Å². The molecule has 0 nitrogen and oxygen atoms in total. The van der Waals surface area contributed by atoms with Gasteiger partial charge in [-0.3, -0.25) is 0 Å². The lowest BCUT2D eigenvalue weighted by atomic mass is 9.74. The highest BCUT2D eigenvalue weighted by Crippen LogP contribution is 2.37. The van der Waals surface area contributed by atoms with E-state index in [1.165, 1.54) is 5.57 Å². The third-order valence-corrected chi connectivity index (χ3v) is 2.43. The average Bonchev–Trinajstić information content (AvgIpc) is 1.97. The predicted octanol–water partition coefficient (Wildman–Crippen LogP) is 3.39. The van der Waals surface area contributed by atoms with E-state index in [-0.39, 0.29) is 5.41 Å². The molecule has 1 unspecified atom stereocenters. The maximum absolute atomic E-state index is 6.12. The van der Waals surface area contributed by atoms with Crippen LogP contribution < -0.4 is 0 Å². The van der Waals surface area contributed by atoms with Gasteiger partial charge in [-0.15, -0.1) is 6.58 Å². The molecule has 0 aromatic heterocycles. The maximum atomic E-state index is 6.12. The first-order valence-corrected chi connectivity index (χ1v) is 4.22. The van der Waals surface area contributed by atoms with Crippen LogP contribution in [0.5, 0.6) is 0 Å². The summed E-state index contributed by atoms with van der Waals surface area (Å²) < 4.78 is 0. The van der Waals surface area contributed by atoms with Crippen LogP contribution in [0.25, 0.3) is 0 Å². The van der Waals surface area contributed by atoms with Crippen molar-refractivity contribution in [1.29, 1.82) is 0 Å². The second kappa shape index (κ2) is 3.25. The Balaban J connectivity index is 2.56. The molecular formula is C11H16. The molecule has 1 atom stereocenters. The summed E-state index contributed by atoms with van der Waals surface area (Å²) >= 11 is 0. The lowest BCUT2D eigenvalue weighted by molar-refractivity contribution is 0.339. The molecule has 0 saturated carbocycles. The topological polar surface area (TPSA) is 0 Å². The highest BCUT2D eigenvalue weighted by molar-refractivity contribution is 5.09. The fraction of sp³-hybridized carbons (Fsp3) is 0.545. The van der Waals surface area contributed by atoms with E-state index >= 15 is 0 Å². The van der Waals surface area contributed by atoms with E-state index in [4.69, 9.17) is 6.92 Å². The molecule has 0 spiro atoms. The summed E-state index contributed by atoms with van der Waals surface area (Å²) in [5.41, 5.74) is 1.50. The third kappa shape index (κ3) is 2.21. The van der Waals surface area contributed by atoms with Crippen molar-refractivity contribution in [2.24, 2.45) is 5.41 Å². The zero-order valence-electron chi connectivity index (χ0n) is 7.27. The molecule has 0 bridgehead atoms. The minimum atomic E-state index is 0.0151. The van der Waals surface area contributed by atoms with Gasteiger partial charge in [-0.05, 0) is 44.9 Å². The SMILES string of the molecule is [CH]C1(CC=C)CC=C(C)CC1. The van der Waals surface area contributed by atoms with Crippen LogP contribution >= 0.6 is 0 Å². The Morgan fingerprint density at radius 3 is 3.00 bits per heavy atom. The van der Waals surface area contributed by atoms with Crippen LogP contribution in [-0.4, -0.2) is 0 Å². The highest BCUT2D eigenvalue weighted by atomic mass is 14.3. The van der Waals surface area contributed by atoms with E-state index in [0.29, 0.717) is 0 Å². The van der Waals surface area contributed by atoms with Crippen molar-refractivity contribution in [3.63, 3.8) is 0 Å². The molecule has 0 amide bonds. The van der Waals surface area contributed by atoms with E-state index < -0.39 is 0 Å². The number of hydrogen-bond donors (Lipinski definition) is 0. The average molecular weight is 148 g/mol. The summed E-state index contributed by atoms with van der Waals surface area (Å²) in [4.78, 5) is 0. The lowest BCUT2D eigenvalue weighted by Crippen LogP contribution is -2.18. The molecule has 0 fully saturated rings. The number of allylic oxidation sites excluding steroid dienone is 3. The van der Waals surface area contributed by atoms with Gasteiger partial charge in [0.2, 0.25) is 0 Å². The molecule has 0 heteroatoms. The van der Waals surface area contributed by atoms with Crippen LogP contribution in [0.15, 0.2) is 24.3 Å². The van der Waals surface area contributed by atoms with E-state index in [1.807, 2.05) is 6.08 Å². The monoisotopic (exact) mass is 148 g/mol. The molecule has 0 aliphatic heterocycles. The molecule has 11 heavy (non-hydrogen) atoms. The van der Waals surface area contributed by atoms with Crippen molar-refractivity contribution in [3.8, 4) is 0 Å². The van der Waals surface area contributed by atoms with Gasteiger partial charge in [0.1, 0.15) is 0 Å². The normalized spacial score (nSPS) is 31.3. The summed E-state index contributed by atoms with van der Waals surface area (Å²) in [5.74, 6) is 0. The minimum absolute atomic E-state index is 0.0151. The second-order valence-electron chi connectivity index (χ2n) is 3.61. The van der Waals surface area contributed by atoms with Crippen molar-refractivity contribution in [2.75, 3.05) is 0 Å². The van der Waals surface area contributed by atoms with Gasteiger partial charge >= 0.3 is 0 Å². The number of hydrogen-bond acceptors (Lipinski definition) is 0. The van der Waals surface area contributed by atoms with Crippen LogP contribution in [0.2, 0.25) is 0 Å². The maximum Gasteiger partial charge on any atom is -0.0191 e. The first-order valence-electron chi connectivity index (χ1n) is 4.22. The van der Waals surface area contributed by atoms with Gasteiger partial charge in [0.05, 0.1) is 0 Å². The first-order chi connectivity index (χ1) is 5.16. The van der Waals surface area contributed by atoms with Crippen LogP contribution in [0, 0.1) is 12.3 Å². The molecule has 1 aliphatic rings. The molecule has 1 aliphatic carbocycles. The Labute approximate surface area is 70.0 Å². The van der Waals surface area contributed by atoms with E-state index in [2.05, 4.69) is 19.6 Å². The van der Waals surface area contributed by atoms with Crippen molar-refractivity contribution in [2.45, 2.75) is 32.6 Å². The Bertz CT molecular complexity index is 176. The minimum Gasteiger partial charge on any atom is -0.103 e. The highest BCUT2D eigenvalue weighted by Gasteiger charge is 2.24. The first kappa shape index (κ1) is 8.58. The molecule has 60 valence electrons. The van der Waals surface area contributed by atoms with Gasteiger partial charge in [0, 0.05) is 0 Å². The van der Waals surface area contributed by atoms with Crippen molar-refractivity contribution in [1.82, 2.24) is 0 Å². The van der Waals surface area contributed by atoms with E-state index in [1.54, 1.807) is 0 Å². The van der Waals surface area contributed by atoms with Gasteiger partial charge in [-0.2, -0.15) is 0 Å². The summed E-state index contributed by atoms with van der Waals surface area (Å²) in [6, 6.07) is 0. The van der Waals surface area contributed by atoms with E-state index in [0.717, 1.165) is 25.7 Å². The largest absolute Gasteiger partial charge is 0.103 e. The Morgan fingerprint density at radius 1 is 1.82 bits per heavy atom. The van der Waals surface area contributed by atoms with Crippen molar-refractivity contribution >= 4 is 0 Å². The molecule has 2 radical (unpaired) electrons. The quantitative estimate of drug-likeness (QED) is 0.526. The summed E-state index contributed by atoms with van der Waals surface area (Å²) in [7, 11) is 0. The molecule has 0 saturated heterocycles. The summed E-state index contributed by atoms with van der Waals surface area (Å²) in [6.45, 7) is 12.0. The van der Waals surface area contributed by atoms with Crippen LogP contribution in [0.4, 0.5) is 0 Å². The third-order valence-electron chi connectivity index (χ3n) is 2.43. The fourth-order valence-corrected chi connectivity index (χ4v) is 1.50. The van der Waals surface area contributed by atoms with E-state index in [9.17, 15) is 0 Å². The molecule has 1 rings (SSSR count). The molecule has 0 aromatic rings. The zero-order valence-corrected chi connectivity index (χ0v) is 7.27.